The van der Waals surface area contributed by atoms with Crippen LogP contribution in [-0.4, -0.2) is 11.7 Å². The standard InChI is InChI=1S/C24H23NO2/c1-24(2,3)19-14-15-21(27-23(26)18-12-8-5-9-13-18)20(16-19)22(25)17-10-6-4-7-11-17/h4-16,25H,1-3H3. The van der Waals surface area contributed by atoms with Crippen LogP contribution >= 0.6 is 0 Å². The van der Waals surface area contributed by atoms with Crippen molar-refractivity contribution in [2.45, 2.75) is 26.2 Å². The van der Waals surface area contributed by atoms with Gasteiger partial charge in [0.15, 0.2) is 0 Å². The zero-order valence-corrected chi connectivity index (χ0v) is 15.8. The molecule has 3 aromatic carbocycles. The molecular weight excluding hydrogens is 334 g/mol. The lowest BCUT2D eigenvalue weighted by atomic mass is 9.85. The zero-order chi connectivity index (χ0) is 19.4. The van der Waals surface area contributed by atoms with Crippen molar-refractivity contribution in [1.82, 2.24) is 0 Å². The number of nitrogens with one attached hydrogen (secondary N) is 1. The van der Waals surface area contributed by atoms with Gasteiger partial charge < -0.3 is 4.74 Å². The summed E-state index contributed by atoms with van der Waals surface area (Å²) in [5, 5.41) is 8.67. The molecule has 0 saturated carbocycles. The second-order valence-electron chi connectivity index (χ2n) is 7.46. The Kier molecular flexibility index (Phi) is 5.22. The minimum atomic E-state index is -0.429. The van der Waals surface area contributed by atoms with E-state index in [1.54, 1.807) is 30.3 Å². The molecule has 0 fully saturated rings. The van der Waals surface area contributed by atoms with Gasteiger partial charge in [-0.15, -0.1) is 0 Å². The van der Waals surface area contributed by atoms with Crippen LogP contribution < -0.4 is 4.74 Å². The number of rotatable bonds is 4. The highest BCUT2D eigenvalue weighted by molar-refractivity contribution is 6.13. The van der Waals surface area contributed by atoms with Gasteiger partial charge in [0.2, 0.25) is 0 Å². The topological polar surface area (TPSA) is 50.2 Å². The van der Waals surface area contributed by atoms with Crippen LogP contribution in [0.1, 0.15) is 47.8 Å². The number of hydrogen-bond acceptors (Lipinski definition) is 3. The molecule has 0 aromatic heterocycles. The second-order valence-corrected chi connectivity index (χ2v) is 7.46. The number of carbonyl (C=O) groups excluding carboxylic acids is 1. The Balaban J connectivity index is 2.02. The molecule has 0 saturated heterocycles. The summed E-state index contributed by atoms with van der Waals surface area (Å²) in [6.45, 7) is 6.36. The van der Waals surface area contributed by atoms with E-state index in [0.717, 1.165) is 11.1 Å². The number of hydrogen-bond donors (Lipinski definition) is 1. The lowest BCUT2D eigenvalue weighted by Crippen LogP contribution is -2.16. The van der Waals surface area contributed by atoms with Crippen molar-refractivity contribution in [3.63, 3.8) is 0 Å². The van der Waals surface area contributed by atoms with Gasteiger partial charge in [-0.1, -0.05) is 75.4 Å². The van der Waals surface area contributed by atoms with E-state index < -0.39 is 5.97 Å². The zero-order valence-electron chi connectivity index (χ0n) is 15.8. The van der Waals surface area contributed by atoms with Crippen LogP contribution in [0.15, 0.2) is 78.9 Å². The lowest BCUT2D eigenvalue weighted by molar-refractivity contribution is 0.0734. The van der Waals surface area contributed by atoms with Crippen molar-refractivity contribution in [1.29, 1.82) is 5.41 Å². The predicted molar refractivity (Wildman–Crippen MR) is 109 cm³/mol. The SMILES string of the molecule is CC(C)(C)c1ccc(OC(=O)c2ccccc2)c(C(=N)c2ccccc2)c1. The third kappa shape index (κ3) is 4.32. The second kappa shape index (κ2) is 7.58. The molecule has 0 heterocycles. The molecule has 3 heteroatoms. The fraction of sp³-hybridized carbons (Fsp3) is 0.167. The van der Waals surface area contributed by atoms with E-state index in [0.29, 0.717) is 22.6 Å². The summed E-state index contributed by atoms with van der Waals surface area (Å²) < 4.78 is 5.66. The summed E-state index contributed by atoms with van der Waals surface area (Å²) in [5.41, 5.74) is 3.21. The molecule has 0 aliphatic heterocycles. The molecule has 0 aliphatic rings. The van der Waals surface area contributed by atoms with Gasteiger partial charge in [0.05, 0.1) is 11.3 Å². The maximum atomic E-state index is 12.5. The molecule has 0 atom stereocenters. The third-order valence-corrected chi connectivity index (χ3v) is 4.39. The van der Waals surface area contributed by atoms with Gasteiger partial charge in [0.25, 0.3) is 0 Å². The van der Waals surface area contributed by atoms with Gasteiger partial charge in [-0.25, -0.2) is 4.79 Å². The Labute approximate surface area is 160 Å². The van der Waals surface area contributed by atoms with E-state index in [9.17, 15) is 4.79 Å². The van der Waals surface area contributed by atoms with Crippen molar-refractivity contribution in [3.8, 4) is 5.75 Å². The van der Waals surface area contributed by atoms with Crippen LogP contribution in [-0.2, 0) is 5.41 Å². The fourth-order valence-electron chi connectivity index (χ4n) is 2.77. The summed E-state index contributed by atoms with van der Waals surface area (Å²) in [5.74, 6) is -0.0353. The van der Waals surface area contributed by atoms with Gasteiger partial charge >= 0.3 is 5.97 Å². The first-order valence-corrected chi connectivity index (χ1v) is 8.92. The molecule has 3 rings (SSSR count). The first-order valence-electron chi connectivity index (χ1n) is 8.92. The molecule has 0 radical (unpaired) electrons. The molecule has 0 spiro atoms. The number of benzene rings is 3. The minimum absolute atomic E-state index is 0.0757. The Morgan fingerprint density at radius 3 is 1.93 bits per heavy atom. The fourth-order valence-corrected chi connectivity index (χ4v) is 2.77. The Hall–Kier alpha value is -3.20. The summed E-state index contributed by atoms with van der Waals surface area (Å²) in [6, 6.07) is 24.0. The summed E-state index contributed by atoms with van der Waals surface area (Å²) >= 11 is 0. The van der Waals surface area contributed by atoms with Crippen LogP contribution in [0.3, 0.4) is 0 Å². The van der Waals surface area contributed by atoms with Gasteiger partial charge in [-0.05, 0) is 35.2 Å². The largest absolute Gasteiger partial charge is 0.422 e. The van der Waals surface area contributed by atoms with Crippen molar-refractivity contribution >= 4 is 11.7 Å². The number of ether oxygens (including phenoxy) is 1. The average Bonchev–Trinajstić information content (AvgIpc) is 2.68. The Bertz CT molecular complexity index is 955. The highest BCUT2D eigenvalue weighted by Crippen LogP contribution is 2.30. The Morgan fingerprint density at radius 2 is 1.37 bits per heavy atom. The molecule has 0 bridgehead atoms. The molecule has 0 amide bonds. The van der Waals surface area contributed by atoms with Crippen molar-refractivity contribution < 1.29 is 9.53 Å². The van der Waals surface area contributed by atoms with E-state index in [-0.39, 0.29) is 5.41 Å². The molecule has 3 aromatic rings. The van der Waals surface area contributed by atoms with E-state index in [4.69, 9.17) is 10.1 Å². The number of carbonyl (C=O) groups is 1. The number of esters is 1. The maximum absolute atomic E-state index is 12.5. The normalized spacial score (nSPS) is 11.1. The summed E-state index contributed by atoms with van der Waals surface area (Å²) in [7, 11) is 0. The monoisotopic (exact) mass is 357 g/mol. The van der Waals surface area contributed by atoms with Crippen LogP contribution in [0.5, 0.6) is 5.75 Å². The van der Waals surface area contributed by atoms with Crippen LogP contribution in [0, 0.1) is 5.41 Å². The molecular formula is C24H23NO2. The molecule has 3 nitrogen and oxygen atoms in total. The van der Waals surface area contributed by atoms with E-state index >= 15 is 0 Å². The summed E-state index contributed by atoms with van der Waals surface area (Å²) in [6.07, 6.45) is 0. The third-order valence-electron chi connectivity index (χ3n) is 4.39. The highest BCUT2D eigenvalue weighted by Gasteiger charge is 2.20. The summed E-state index contributed by atoms with van der Waals surface area (Å²) in [4.78, 5) is 12.5. The van der Waals surface area contributed by atoms with Crippen molar-refractivity contribution in [3.05, 3.63) is 101 Å². The minimum Gasteiger partial charge on any atom is -0.422 e. The van der Waals surface area contributed by atoms with Crippen molar-refractivity contribution in [2.24, 2.45) is 0 Å². The average molecular weight is 357 g/mol. The first kappa shape index (κ1) is 18.6. The van der Waals surface area contributed by atoms with Crippen LogP contribution in [0.4, 0.5) is 0 Å². The van der Waals surface area contributed by atoms with Gasteiger partial charge in [-0.2, -0.15) is 0 Å². The smallest absolute Gasteiger partial charge is 0.343 e. The molecule has 0 aliphatic carbocycles. The van der Waals surface area contributed by atoms with Crippen LogP contribution in [0.2, 0.25) is 0 Å². The quantitative estimate of drug-likeness (QED) is 0.374. The maximum Gasteiger partial charge on any atom is 0.343 e. The van der Waals surface area contributed by atoms with E-state index in [1.807, 2.05) is 48.5 Å². The molecule has 0 unspecified atom stereocenters. The van der Waals surface area contributed by atoms with Gasteiger partial charge in [0, 0.05) is 11.1 Å². The van der Waals surface area contributed by atoms with E-state index in [2.05, 4.69) is 20.8 Å². The first-order chi connectivity index (χ1) is 12.9. The predicted octanol–water partition coefficient (Wildman–Crippen LogP) is 5.62. The molecule has 1 N–H and O–H groups in total. The van der Waals surface area contributed by atoms with Gasteiger partial charge in [-0.3, -0.25) is 5.41 Å². The lowest BCUT2D eigenvalue weighted by Gasteiger charge is -2.21. The highest BCUT2D eigenvalue weighted by atomic mass is 16.5. The van der Waals surface area contributed by atoms with Crippen molar-refractivity contribution in [2.75, 3.05) is 0 Å². The van der Waals surface area contributed by atoms with E-state index in [1.165, 1.54) is 0 Å². The molecule has 27 heavy (non-hydrogen) atoms. The van der Waals surface area contributed by atoms with Crippen LogP contribution in [0.25, 0.3) is 0 Å². The Morgan fingerprint density at radius 1 is 0.815 bits per heavy atom. The van der Waals surface area contributed by atoms with Gasteiger partial charge in [0.1, 0.15) is 5.75 Å². The molecule has 136 valence electrons.